The van der Waals surface area contributed by atoms with Crippen LogP contribution in [0.1, 0.15) is 5.56 Å². The van der Waals surface area contributed by atoms with Crippen LogP contribution >= 0.6 is 11.3 Å². The van der Waals surface area contributed by atoms with Crippen LogP contribution in [0, 0.1) is 5.82 Å². The van der Waals surface area contributed by atoms with Gasteiger partial charge in [-0.25, -0.2) is 9.37 Å². The van der Waals surface area contributed by atoms with Gasteiger partial charge in [-0.05, 0) is 48.0 Å². The number of halogens is 1. The van der Waals surface area contributed by atoms with Crippen LogP contribution in [0.25, 0.3) is 11.0 Å². The van der Waals surface area contributed by atoms with Gasteiger partial charge in [0, 0.05) is 5.69 Å². The lowest BCUT2D eigenvalue weighted by Crippen LogP contribution is -2.23. The first-order valence-electron chi connectivity index (χ1n) is 8.21. The zero-order valence-electron chi connectivity index (χ0n) is 14.3. The van der Waals surface area contributed by atoms with Crippen LogP contribution < -0.4 is 20.1 Å². The van der Waals surface area contributed by atoms with E-state index < -0.39 is 0 Å². The predicted molar refractivity (Wildman–Crippen MR) is 103 cm³/mol. The van der Waals surface area contributed by atoms with E-state index in [4.69, 9.17) is 4.74 Å². The second-order valence-corrected chi connectivity index (χ2v) is 6.79. The first-order valence-corrected chi connectivity index (χ1v) is 9.03. The van der Waals surface area contributed by atoms with Gasteiger partial charge in [-0.2, -0.15) is 9.61 Å². The number of hydrogen-bond acceptors (Lipinski definition) is 6. The third-order valence-corrected chi connectivity index (χ3v) is 4.77. The Morgan fingerprint density at radius 3 is 2.64 bits per heavy atom. The van der Waals surface area contributed by atoms with E-state index in [1.54, 1.807) is 30.3 Å². The summed E-state index contributed by atoms with van der Waals surface area (Å²) in [5.41, 5.74) is 1.09. The third kappa shape index (κ3) is 3.89. The lowest BCUT2D eigenvalue weighted by molar-refractivity contribution is -0.118. The standard InChI is InChI=1S/C19H13FN4O3S/c20-13-3-5-14(6-4-13)23-17(25)10-27-15-7-1-12(2-8-15)9-16-18(26)24-19(28-16)21-11-22-24/h1-9,11H,10H2,(H,23,25)/b16-9-. The van der Waals surface area contributed by atoms with Crippen molar-refractivity contribution in [3.05, 3.63) is 81.1 Å². The second-order valence-electron chi connectivity index (χ2n) is 5.78. The van der Waals surface area contributed by atoms with Crippen molar-refractivity contribution in [3.63, 3.8) is 0 Å². The van der Waals surface area contributed by atoms with Crippen molar-refractivity contribution >= 4 is 34.0 Å². The molecule has 1 N–H and O–H groups in total. The van der Waals surface area contributed by atoms with Crippen molar-refractivity contribution in [3.8, 4) is 5.75 Å². The van der Waals surface area contributed by atoms with Gasteiger partial charge >= 0.3 is 0 Å². The fourth-order valence-electron chi connectivity index (χ4n) is 2.47. The van der Waals surface area contributed by atoms with E-state index in [1.165, 1.54) is 46.4 Å². The Balaban J connectivity index is 1.39. The monoisotopic (exact) mass is 396 g/mol. The summed E-state index contributed by atoms with van der Waals surface area (Å²) < 4.78 is 20.1. The van der Waals surface area contributed by atoms with Gasteiger partial charge in [-0.1, -0.05) is 23.5 Å². The van der Waals surface area contributed by atoms with Crippen LogP contribution in [-0.2, 0) is 4.79 Å². The topological polar surface area (TPSA) is 85.6 Å². The zero-order chi connectivity index (χ0) is 19.5. The molecule has 4 aromatic rings. The molecule has 0 aliphatic heterocycles. The zero-order valence-corrected chi connectivity index (χ0v) is 15.1. The Hall–Kier alpha value is -3.59. The van der Waals surface area contributed by atoms with Crippen LogP contribution in [-0.4, -0.2) is 27.1 Å². The molecule has 0 saturated carbocycles. The van der Waals surface area contributed by atoms with Crippen molar-refractivity contribution in [1.82, 2.24) is 14.6 Å². The molecule has 0 aliphatic carbocycles. The van der Waals surface area contributed by atoms with Gasteiger partial charge in [0.1, 0.15) is 17.9 Å². The minimum absolute atomic E-state index is 0.182. The molecule has 0 unspecified atom stereocenters. The molecule has 4 rings (SSSR count). The van der Waals surface area contributed by atoms with E-state index in [1.807, 2.05) is 0 Å². The number of amides is 1. The van der Waals surface area contributed by atoms with Crippen molar-refractivity contribution < 1.29 is 13.9 Å². The summed E-state index contributed by atoms with van der Waals surface area (Å²) in [7, 11) is 0. The Kier molecular flexibility index (Phi) is 4.81. The smallest absolute Gasteiger partial charge is 0.291 e. The van der Waals surface area contributed by atoms with Crippen LogP contribution in [0.4, 0.5) is 10.1 Å². The molecule has 0 aliphatic rings. The number of hydrogen-bond donors (Lipinski definition) is 1. The number of thiazole rings is 1. The van der Waals surface area contributed by atoms with E-state index in [9.17, 15) is 14.0 Å². The van der Waals surface area contributed by atoms with Crippen molar-refractivity contribution in [2.24, 2.45) is 0 Å². The summed E-state index contributed by atoms with van der Waals surface area (Å²) in [5, 5.41) is 6.49. The fraction of sp³-hybridized carbons (Fsp3) is 0.0526. The first kappa shape index (κ1) is 17.8. The molecule has 28 heavy (non-hydrogen) atoms. The maximum Gasteiger partial charge on any atom is 0.291 e. The molecule has 0 spiro atoms. The molecule has 1 amide bonds. The fourth-order valence-corrected chi connectivity index (χ4v) is 3.35. The Labute approximate surface area is 161 Å². The molecule has 0 radical (unpaired) electrons. The second kappa shape index (κ2) is 7.57. The Morgan fingerprint density at radius 2 is 1.93 bits per heavy atom. The summed E-state index contributed by atoms with van der Waals surface area (Å²) in [5.74, 6) is -0.216. The molecule has 9 heteroatoms. The molecule has 0 saturated heterocycles. The van der Waals surface area contributed by atoms with Gasteiger partial charge < -0.3 is 10.1 Å². The molecule has 7 nitrogen and oxygen atoms in total. The van der Waals surface area contributed by atoms with E-state index in [-0.39, 0.29) is 23.9 Å². The lowest BCUT2D eigenvalue weighted by Gasteiger charge is -2.07. The molecule has 0 fully saturated rings. The highest BCUT2D eigenvalue weighted by Crippen LogP contribution is 2.13. The number of carbonyl (C=O) groups excluding carboxylic acids is 1. The number of carbonyl (C=O) groups is 1. The summed E-state index contributed by atoms with van der Waals surface area (Å²) in [6, 6.07) is 12.4. The van der Waals surface area contributed by atoms with Crippen LogP contribution in [0.15, 0.2) is 59.7 Å². The first-order chi connectivity index (χ1) is 13.6. The van der Waals surface area contributed by atoms with Crippen molar-refractivity contribution in [2.75, 3.05) is 11.9 Å². The van der Waals surface area contributed by atoms with E-state index in [0.717, 1.165) is 5.56 Å². The van der Waals surface area contributed by atoms with Gasteiger partial charge in [0.15, 0.2) is 6.61 Å². The molecule has 0 bridgehead atoms. The molecule has 2 heterocycles. The summed E-state index contributed by atoms with van der Waals surface area (Å²) in [6.07, 6.45) is 3.09. The third-order valence-electron chi connectivity index (χ3n) is 3.80. The SMILES string of the molecule is O=C(COc1ccc(/C=c2\sc3ncnn3c2=O)cc1)Nc1ccc(F)cc1. The van der Waals surface area contributed by atoms with Gasteiger partial charge in [-0.15, -0.1) is 0 Å². The summed E-state index contributed by atoms with van der Waals surface area (Å²) in [6.45, 7) is -0.182. The minimum Gasteiger partial charge on any atom is -0.484 e. The summed E-state index contributed by atoms with van der Waals surface area (Å²) >= 11 is 1.26. The van der Waals surface area contributed by atoms with Gasteiger partial charge in [0.05, 0.1) is 4.53 Å². The number of ether oxygens (including phenoxy) is 1. The van der Waals surface area contributed by atoms with Gasteiger partial charge in [0.2, 0.25) is 4.96 Å². The van der Waals surface area contributed by atoms with Gasteiger partial charge in [-0.3, -0.25) is 9.59 Å². The van der Waals surface area contributed by atoms with Crippen LogP contribution in [0.5, 0.6) is 5.75 Å². The molecule has 140 valence electrons. The number of anilines is 1. The highest BCUT2D eigenvalue weighted by molar-refractivity contribution is 7.15. The number of aromatic nitrogens is 3. The van der Waals surface area contributed by atoms with Crippen LogP contribution in [0.2, 0.25) is 0 Å². The average Bonchev–Trinajstić information content (AvgIpc) is 3.26. The van der Waals surface area contributed by atoms with Crippen molar-refractivity contribution in [1.29, 1.82) is 0 Å². The lowest BCUT2D eigenvalue weighted by atomic mass is 10.2. The largest absolute Gasteiger partial charge is 0.484 e. The molecular weight excluding hydrogens is 383 g/mol. The highest BCUT2D eigenvalue weighted by atomic mass is 32.1. The highest BCUT2D eigenvalue weighted by Gasteiger charge is 2.06. The van der Waals surface area contributed by atoms with E-state index >= 15 is 0 Å². The van der Waals surface area contributed by atoms with E-state index in [0.29, 0.717) is 20.9 Å². The molecule has 2 aromatic carbocycles. The quantitative estimate of drug-likeness (QED) is 0.557. The minimum atomic E-state index is -0.372. The molecular formula is C19H13FN4O3S. The maximum absolute atomic E-state index is 12.9. The Morgan fingerprint density at radius 1 is 1.18 bits per heavy atom. The van der Waals surface area contributed by atoms with E-state index in [2.05, 4.69) is 15.4 Å². The Bertz CT molecular complexity index is 1230. The van der Waals surface area contributed by atoms with Gasteiger partial charge in [0.25, 0.3) is 11.5 Å². The maximum atomic E-state index is 12.9. The molecule has 2 aromatic heterocycles. The number of rotatable bonds is 5. The number of nitrogens with one attached hydrogen (secondary N) is 1. The number of benzene rings is 2. The number of nitrogens with zero attached hydrogens (tertiary/aromatic N) is 3. The number of fused-ring (bicyclic) bond motifs is 1. The average molecular weight is 396 g/mol. The molecule has 0 atom stereocenters. The van der Waals surface area contributed by atoms with Crippen LogP contribution in [0.3, 0.4) is 0 Å². The predicted octanol–water partition coefficient (Wildman–Crippen LogP) is 1.86. The summed E-state index contributed by atoms with van der Waals surface area (Å²) in [4.78, 5) is 28.6. The normalized spacial score (nSPS) is 11.7. The van der Waals surface area contributed by atoms with Crippen molar-refractivity contribution in [2.45, 2.75) is 0 Å².